The maximum atomic E-state index is 13.1. The average Bonchev–Trinajstić information content (AvgIpc) is 2.91. The van der Waals surface area contributed by atoms with Gasteiger partial charge in [-0.25, -0.2) is 0 Å². The molecular formula is C23H18ClF6N7O4. The molecule has 0 saturated carbocycles. The first-order chi connectivity index (χ1) is 19.2. The van der Waals surface area contributed by atoms with Crippen LogP contribution in [0.15, 0.2) is 42.5 Å². The molecule has 1 fully saturated rings. The number of ether oxygens (including phenoxy) is 1. The van der Waals surface area contributed by atoms with Gasteiger partial charge in [-0.05, 0) is 30.3 Å². The van der Waals surface area contributed by atoms with Crippen LogP contribution in [0.5, 0.6) is 6.01 Å². The number of carbonyl (C=O) groups is 1. The largest absolute Gasteiger partial charge is 0.454 e. The van der Waals surface area contributed by atoms with E-state index in [-0.39, 0.29) is 54.3 Å². The number of nitro groups is 1. The molecule has 18 heteroatoms. The highest BCUT2D eigenvalue weighted by Gasteiger charge is 2.32. The number of amides is 1. The van der Waals surface area contributed by atoms with E-state index in [0.29, 0.717) is 0 Å². The number of hydrogen-bond acceptors (Lipinski definition) is 9. The van der Waals surface area contributed by atoms with Gasteiger partial charge in [0.2, 0.25) is 11.9 Å². The second-order valence-corrected chi connectivity index (χ2v) is 8.96. The highest BCUT2D eigenvalue weighted by atomic mass is 35.5. The molecule has 0 radical (unpaired) electrons. The van der Waals surface area contributed by atoms with Crippen LogP contribution in [0.1, 0.15) is 15.9 Å². The molecule has 2 heterocycles. The average molecular weight is 606 g/mol. The number of benzene rings is 2. The van der Waals surface area contributed by atoms with Crippen molar-refractivity contribution in [3.05, 3.63) is 68.7 Å². The Balaban J connectivity index is 1.53. The molecule has 0 bridgehead atoms. The summed E-state index contributed by atoms with van der Waals surface area (Å²) in [6, 6.07) is 6.91. The molecule has 0 atom stereocenters. The van der Waals surface area contributed by atoms with E-state index in [1.165, 1.54) is 28.0 Å². The van der Waals surface area contributed by atoms with Crippen molar-refractivity contribution in [1.82, 2.24) is 19.9 Å². The van der Waals surface area contributed by atoms with Crippen LogP contribution in [0, 0.1) is 10.1 Å². The third kappa shape index (κ3) is 7.62. The van der Waals surface area contributed by atoms with Crippen LogP contribution in [0.25, 0.3) is 0 Å². The number of piperazine rings is 1. The first kappa shape index (κ1) is 29.6. The highest BCUT2D eigenvalue weighted by molar-refractivity contribution is 6.32. The van der Waals surface area contributed by atoms with Crippen LogP contribution in [0.3, 0.4) is 0 Å². The quantitative estimate of drug-likeness (QED) is 0.222. The minimum atomic E-state index is -4.72. The molecule has 11 nitrogen and oxygen atoms in total. The summed E-state index contributed by atoms with van der Waals surface area (Å²) in [5, 5.41) is 13.5. The van der Waals surface area contributed by atoms with Crippen molar-refractivity contribution in [3.8, 4) is 6.01 Å². The monoisotopic (exact) mass is 605 g/mol. The molecule has 0 spiro atoms. The van der Waals surface area contributed by atoms with Crippen molar-refractivity contribution in [2.24, 2.45) is 0 Å². The Labute approximate surface area is 231 Å². The van der Waals surface area contributed by atoms with Crippen molar-refractivity contribution in [1.29, 1.82) is 0 Å². The SMILES string of the molecule is O=C(c1ccc(Cl)c([N+](=O)[O-])c1)N1CCN(c2nc(Nc3cccc(C(F)(F)F)c3)nc(OCC(F)(F)F)n2)CC1. The molecule has 1 saturated heterocycles. The van der Waals surface area contributed by atoms with Gasteiger partial charge in [0, 0.05) is 43.5 Å². The Morgan fingerprint density at radius 1 is 1.02 bits per heavy atom. The zero-order valence-electron chi connectivity index (χ0n) is 20.5. The fourth-order valence-corrected chi connectivity index (χ4v) is 3.92. The topological polar surface area (TPSA) is 127 Å². The first-order valence-corrected chi connectivity index (χ1v) is 12.0. The van der Waals surface area contributed by atoms with Gasteiger partial charge in [-0.3, -0.25) is 14.9 Å². The first-order valence-electron chi connectivity index (χ1n) is 11.6. The number of aromatic nitrogens is 3. The highest BCUT2D eigenvalue weighted by Crippen LogP contribution is 2.32. The molecule has 1 N–H and O–H groups in total. The fourth-order valence-electron chi connectivity index (χ4n) is 3.73. The van der Waals surface area contributed by atoms with E-state index in [9.17, 15) is 41.3 Å². The summed E-state index contributed by atoms with van der Waals surface area (Å²) >= 11 is 5.80. The van der Waals surface area contributed by atoms with Gasteiger partial charge in [-0.15, -0.1) is 0 Å². The van der Waals surface area contributed by atoms with E-state index < -0.39 is 47.1 Å². The summed E-state index contributed by atoms with van der Waals surface area (Å²) in [6.45, 7) is -1.39. The van der Waals surface area contributed by atoms with Gasteiger partial charge in [0.25, 0.3) is 11.6 Å². The summed E-state index contributed by atoms with van der Waals surface area (Å²) < 4.78 is 82.1. The molecule has 1 amide bonds. The molecule has 1 aliphatic rings. The predicted molar refractivity (Wildman–Crippen MR) is 132 cm³/mol. The van der Waals surface area contributed by atoms with Gasteiger partial charge in [0.05, 0.1) is 10.5 Å². The molecule has 218 valence electrons. The van der Waals surface area contributed by atoms with Crippen molar-refractivity contribution in [3.63, 3.8) is 0 Å². The van der Waals surface area contributed by atoms with Crippen molar-refractivity contribution in [2.75, 3.05) is 43.0 Å². The van der Waals surface area contributed by atoms with Crippen LogP contribution in [-0.2, 0) is 6.18 Å². The summed E-state index contributed by atoms with van der Waals surface area (Å²) in [5.74, 6) is -1.04. The molecule has 4 rings (SSSR count). The van der Waals surface area contributed by atoms with Crippen molar-refractivity contribution < 1.29 is 40.8 Å². The molecule has 1 aliphatic heterocycles. The van der Waals surface area contributed by atoms with E-state index in [2.05, 4.69) is 25.0 Å². The lowest BCUT2D eigenvalue weighted by atomic mass is 10.1. The molecule has 41 heavy (non-hydrogen) atoms. The van der Waals surface area contributed by atoms with Crippen molar-refractivity contribution in [2.45, 2.75) is 12.4 Å². The molecular weight excluding hydrogens is 588 g/mol. The lowest BCUT2D eigenvalue weighted by Gasteiger charge is -2.34. The number of rotatable bonds is 7. The maximum Gasteiger partial charge on any atom is 0.422 e. The molecule has 0 aliphatic carbocycles. The summed E-state index contributed by atoms with van der Waals surface area (Å²) in [4.78, 5) is 38.0. The predicted octanol–water partition coefficient (Wildman–Crippen LogP) is 5.10. The third-order valence-corrected chi connectivity index (χ3v) is 5.97. The van der Waals surface area contributed by atoms with Gasteiger partial charge in [-0.1, -0.05) is 17.7 Å². The van der Waals surface area contributed by atoms with E-state index in [4.69, 9.17) is 11.6 Å². The Bertz CT molecular complexity index is 1450. The summed E-state index contributed by atoms with van der Waals surface area (Å²) in [7, 11) is 0. The number of alkyl halides is 6. The number of nitro benzene ring substituents is 1. The van der Waals surface area contributed by atoms with Crippen LogP contribution in [0.4, 0.5) is 49.6 Å². The van der Waals surface area contributed by atoms with E-state index in [1.54, 1.807) is 0 Å². The number of hydrogen-bond donors (Lipinski definition) is 1. The van der Waals surface area contributed by atoms with Crippen LogP contribution < -0.4 is 15.0 Å². The molecule has 2 aromatic carbocycles. The van der Waals surface area contributed by atoms with E-state index >= 15 is 0 Å². The lowest BCUT2D eigenvalue weighted by molar-refractivity contribution is -0.384. The third-order valence-electron chi connectivity index (χ3n) is 5.65. The standard InChI is InChI=1S/C23H18ClF6N7O4/c24-16-5-4-13(10-17(16)37(39)40)18(38)35-6-8-36(9-7-35)20-32-19(33-21(34-20)41-12-22(25,26)27)31-15-3-1-2-14(11-15)23(28,29)30/h1-5,10-11H,6-9,12H2,(H,31,32,33,34). The number of nitrogens with one attached hydrogen (secondary N) is 1. The minimum absolute atomic E-state index is 0.0325. The molecule has 1 aromatic heterocycles. The van der Waals surface area contributed by atoms with Gasteiger partial charge >= 0.3 is 18.4 Å². The number of halogens is 7. The van der Waals surface area contributed by atoms with E-state index in [1.807, 2.05) is 0 Å². The smallest absolute Gasteiger partial charge is 0.422 e. The Hall–Kier alpha value is -4.41. The van der Waals surface area contributed by atoms with Gasteiger partial charge < -0.3 is 19.9 Å². The Morgan fingerprint density at radius 2 is 1.73 bits per heavy atom. The minimum Gasteiger partial charge on any atom is -0.454 e. The summed E-state index contributed by atoms with van der Waals surface area (Å²) in [5.41, 5.74) is -1.47. The summed E-state index contributed by atoms with van der Waals surface area (Å²) in [6.07, 6.45) is -9.36. The zero-order chi connectivity index (χ0) is 29.9. The lowest BCUT2D eigenvalue weighted by Crippen LogP contribution is -2.49. The Kier molecular flexibility index (Phi) is 8.37. The normalized spacial score (nSPS) is 14.1. The van der Waals surface area contributed by atoms with E-state index in [0.717, 1.165) is 24.3 Å². The number of nitrogens with zero attached hydrogens (tertiary/aromatic N) is 6. The second-order valence-electron chi connectivity index (χ2n) is 8.55. The fraction of sp³-hybridized carbons (Fsp3) is 0.304. The van der Waals surface area contributed by atoms with Gasteiger partial charge in [0.1, 0.15) is 5.02 Å². The number of carbonyl (C=O) groups excluding carboxylic acids is 1. The molecule has 3 aromatic rings. The van der Waals surface area contributed by atoms with Crippen LogP contribution >= 0.6 is 11.6 Å². The molecule has 0 unspecified atom stereocenters. The van der Waals surface area contributed by atoms with Crippen LogP contribution in [-0.4, -0.2) is 69.6 Å². The van der Waals surface area contributed by atoms with Crippen LogP contribution in [0.2, 0.25) is 5.02 Å². The van der Waals surface area contributed by atoms with Gasteiger partial charge in [-0.2, -0.15) is 41.3 Å². The second kappa shape index (κ2) is 11.6. The zero-order valence-corrected chi connectivity index (χ0v) is 21.3. The Morgan fingerprint density at radius 3 is 2.37 bits per heavy atom. The number of anilines is 3. The van der Waals surface area contributed by atoms with Gasteiger partial charge in [0.15, 0.2) is 6.61 Å². The van der Waals surface area contributed by atoms with Crippen molar-refractivity contribution >= 4 is 40.8 Å². The maximum absolute atomic E-state index is 13.1.